The summed E-state index contributed by atoms with van der Waals surface area (Å²) in [7, 11) is 0. The Labute approximate surface area is 342 Å². The van der Waals surface area contributed by atoms with Gasteiger partial charge in [0.1, 0.15) is 0 Å². The van der Waals surface area contributed by atoms with Gasteiger partial charge in [0.15, 0.2) is 0 Å². The summed E-state index contributed by atoms with van der Waals surface area (Å²) in [5, 5.41) is 10.7. The summed E-state index contributed by atoms with van der Waals surface area (Å²) in [5.41, 5.74) is 11.1. The van der Waals surface area contributed by atoms with Crippen molar-refractivity contribution in [3.05, 3.63) is 194 Å². The van der Waals surface area contributed by atoms with Crippen LogP contribution in [0.25, 0.3) is 119 Å². The topological polar surface area (TPSA) is 35.6 Å². The van der Waals surface area contributed by atoms with Crippen LogP contribution in [0.4, 0.5) is 0 Å². The number of para-hydroxylation sites is 3. The molecule has 0 spiro atoms. The zero-order valence-electron chi connectivity index (χ0n) is 31.7. The smallest absolute Gasteiger partial charge is 0.235 e. The van der Waals surface area contributed by atoms with Gasteiger partial charge in [-0.25, -0.2) is 9.97 Å². The molecule has 13 rings (SSSR count). The van der Waals surface area contributed by atoms with E-state index in [0.717, 1.165) is 44.0 Å². The van der Waals surface area contributed by atoms with Crippen molar-refractivity contribution in [3.8, 4) is 34.0 Å². The third-order valence-corrected chi connectivity index (χ3v) is 13.3. The van der Waals surface area contributed by atoms with Gasteiger partial charge in [0, 0.05) is 59.0 Å². The van der Waals surface area contributed by atoms with E-state index in [1.807, 2.05) is 11.3 Å². The van der Waals surface area contributed by atoms with Crippen LogP contribution in [0.15, 0.2) is 194 Å². The zero-order valence-corrected chi connectivity index (χ0v) is 32.5. The fourth-order valence-electron chi connectivity index (χ4n) is 9.53. The first-order valence-corrected chi connectivity index (χ1v) is 20.8. The molecule has 9 aromatic carbocycles. The van der Waals surface area contributed by atoms with E-state index in [2.05, 4.69) is 203 Å². The number of hydrogen-bond acceptors (Lipinski definition) is 3. The first-order valence-electron chi connectivity index (χ1n) is 20.0. The molecule has 0 aliphatic carbocycles. The molecule has 59 heavy (non-hydrogen) atoms. The van der Waals surface area contributed by atoms with Crippen molar-refractivity contribution >= 4 is 96.8 Å². The van der Waals surface area contributed by atoms with E-state index in [-0.39, 0.29) is 0 Å². The van der Waals surface area contributed by atoms with Crippen molar-refractivity contribution in [2.75, 3.05) is 0 Å². The first-order chi connectivity index (χ1) is 29.3. The number of nitrogens with zero attached hydrogens (tertiary/aromatic N) is 4. The van der Waals surface area contributed by atoms with Crippen molar-refractivity contribution < 1.29 is 0 Å². The highest BCUT2D eigenvalue weighted by Crippen LogP contribution is 2.48. The Morgan fingerprint density at radius 2 is 1.05 bits per heavy atom. The van der Waals surface area contributed by atoms with Crippen molar-refractivity contribution in [3.63, 3.8) is 0 Å². The first kappa shape index (κ1) is 32.5. The van der Waals surface area contributed by atoms with E-state index >= 15 is 0 Å². The minimum absolute atomic E-state index is 0.660. The maximum absolute atomic E-state index is 5.42. The normalized spacial score (nSPS) is 12.1. The van der Waals surface area contributed by atoms with Crippen molar-refractivity contribution in [2.24, 2.45) is 0 Å². The molecule has 5 heteroatoms. The molecule has 0 aliphatic rings. The van der Waals surface area contributed by atoms with Gasteiger partial charge in [-0.3, -0.25) is 4.57 Å². The molecule has 0 N–H and O–H groups in total. The lowest BCUT2D eigenvalue weighted by Crippen LogP contribution is -2.03. The van der Waals surface area contributed by atoms with Crippen LogP contribution in [0, 0.1) is 0 Å². The number of thiophene rings is 1. The average Bonchev–Trinajstić information content (AvgIpc) is 3.97. The van der Waals surface area contributed by atoms with Gasteiger partial charge in [-0.2, -0.15) is 0 Å². The van der Waals surface area contributed by atoms with Crippen molar-refractivity contribution in [2.45, 2.75) is 0 Å². The highest BCUT2D eigenvalue weighted by Gasteiger charge is 2.23. The van der Waals surface area contributed by atoms with Gasteiger partial charge in [-0.05, 0) is 71.1 Å². The number of aromatic nitrogens is 4. The summed E-state index contributed by atoms with van der Waals surface area (Å²) in [4.78, 5) is 10.8. The molecule has 0 fully saturated rings. The Bertz CT molecular complexity index is 3840. The summed E-state index contributed by atoms with van der Waals surface area (Å²) in [6.07, 6.45) is 0. The average molecular weight is 769 g/mol. The van der Waals surface area contributed by atoms with Gasteiger partial charge in [0.25, 0.3) is 0 Å². The van der Waals surface area contributed by atoms with Crippen LogP contribution >= 0.6 is 11.3 Å². The fraction of sp³-hybridized carbons (Fsp3) is 0. The SMILES string of the molecule is c1ccc(-c2nc(-n3c4ccccc4c4cc(-c5cc6c7ccccc7n(-c7ccccc7)c6c6sc7ccccc7c56)ccc43)nc3c2ccc2ccccc23)cc1. The van der Waals surface area contributed by atoms with Crippen LogP contribution < -0.4 is 0 Å². The summed E-state index contributed by atoms with van der Waals surface area (Å²) >= 11 is 1.89. The van der Waals surface area contributed by atoms with Crippen LogP contribution in [0.2, 0.25) is 0 Å². The zero-order chi connectivity index (χ0) is 38.6. The summed E-state index contributed by atoms with van der Waals surface area (Å²) in [6, 6.07) is 70.0. The highest BCUT2D eigenvalue weighted by molar-refractivity contribution is 7.26. The molecule has 0 aliphatic heterocycles. The highest BCUT2D eigenvalue weighted by atomic mass is 32.1. The molecule has 0 saturated carbocycles. The molecule has 4 heterocycles. The minimum Gasteiger partial charge on any atom is -0.308 e. The van der Waals surface area contributed by atoms with E-state index in [1.54, 1.807) is 0 Å². The summed E-state index contributed by atoms with van der Waals surface area (Å²) in [6.45, 7) is 0. The van der Waals surface area contributed by atoms with Gasteiger partial charge in [-0.15, -0.1) is 11.3 Å². The fourth-order valence-corrected chi connectivity index (χ4v) is 10.8. The molecule has 0 unspecified atom stereocenters. The third-order valence-electron chi connectivity index (χ3n) is 12.1. The molecule has 4 nitrogen and oxygen atoms in total. The van der Waals surface area contributed by atoms with E-state index in [1.165, 1.54) is 69.6 Å². The molecule has 0 bridgehead atoms. The lowest BCUT2D eigenvalue weighted by molar-refractivity contribution is 1.02. The second kappa shape index (κ2) is 12.4. The molecular formula is C54H32N4S. The van der Waals surface area contributed by atoms with E-state index < -0.39 is 0 Å². The lowest BCUT2D eigenvalue weighted by Gasteiger charge is -2.13. The van der Waals surface area contributed by atoms with Gasteiger partial charge in [0.05, 0.1) is 38.0 Å². The monoisotopic (exact) mass is 768 g/mol. The van der Waals surface area contributed by atoms with Crippen LogP contribution in [0.3, 0.4) is 0 Å². The Kier molecular flexibility index (Phi) is 6.85. The quantitative estimate of drug-likeness (QED) is 0.167. The number of rotatable bonds is 4. The van der Waals surface area contributed by atoms with Crippen molar-refractivity contribution in [1.29, 1.82) is 0 Å². The number of benzene rings is 9. The van der Waals surface area contributed by atoms with Gasteiger partial charge >= 0.3 is 0 Å². The molecule has 0 radical (unpaired) electrons. The Balaban J connectivity index is 1.11. The maximum Gasteiger partial charge on any atom is 0.235 e. The van der Waals surface area contributed by atoms with E-state index in [9.17, 15) is 0 Å². The largest absolute Gasteiger partial charge is 0.308 e. The number of hydrogen-bond donors (Lipinski definition) is 0. The minimum atomic E-state index is 0.660. The Morgan fingerprint density at radius 3 is 1.86 bits per heavy atom. The molecule has 0 atom stereocenters. The summed E-state index contributed by atoms with van der Waals surface area (Å²) < 4.78 is 7.30. The van der Waals surface area contributed by atoms with Gasteiger partial charge < -0.3 is 4.57 Å². The molecule has 0 amide bonds. The molecule has 13 aromatic rings. The molecular weight excluding hydrogens is 737 g/mol. The molecule has 4 aromatic heterocycles. The number of fused-ring (bicyclic) bond motifs is 13. The van der Waals surface area contributed by atoms with Crippen LogP contribution in [-0.2, 0) is 0 Å². The van der Waals surface area contributed by atoms with Gasteiger partial charge in [-0.1, -0.05) is 140 Å². The van der Waals surface area contributed by atoms with E-state index in [4.69, 9.17) is 9.97 Å². The predicted octanol–water partition coefficient (Wildman–Crippen LogP) is 14.7. The van der Waals surface area contributed by atoms with Crippen LogP contribution in [0.1, 0.15) is 0 Å². The summed E-state index contributed by atoms with van der Waals surface area (Å²) in [5.74, 6) is 0.660. The molecule has 274 valence electrons. The van der Waals surface area contributed by atoms with Crippen molar-refractivity contribution in [1.82, 2.24) is 19.1 Å². The van der Waals surface area contributed by atoms with Crippen LogP contribution in [0.5, 0.6) is 0 Å². The maximum atomic E-state index is 5.42. The standard InChI is InChI=1S/C54H32N4S/c1-3-16-34(17-4-1)50-41-29-27-33-15-7-8-20-37(33)51(41)56-54(55-50)58-46-25-13-9-21-38(46)43-31-35(28-30-47(43)58)42-32-44-39-22-10-12-24-45(39)57(36-18-5-2-6-19-36)52(44)53-49(42)40-23-11-14-26-48(40)59-53/h1-32H. The van der Waals surface area contributed by atoms with Crippen LogP contribution in [-0.4, -0.2) is 19.1 Å². The Morgan fingerprint density at radius 1 is 0.407 bits per heavy atom. The van der Waals surface area contributed by atoms with Gasteiger partial charge in [0.2, 0.25) is 5.95 Å². The lowest BCUT2D eigenvalue weighted by atomic mass is 9.95. The predicted molar refractivity (Wildman–Crippen MR) is 249 cm³/mol. The second-order valence-electron chi connectivity index (χ2n) is 15.3. The Hall–Kier alpha value is -7.60. The molecule has 0 saturated heterocycles. The van der Waals surface area contributed by atoms with E-state index in [0.29, 0.717) is 5.95 Å². The second-order valence-corrected chi connectivity index (χ2v) is 16.4. The third kappa shape index (κ3) is 4.71.